The highest BCUT2D eigenvalue weighted by Gasteiger charge is 2.23. The molecule has 184 valence electrons. The monoisotopic (exact) mass is 484 g/mol. The third-order valence-electron chi connectivity index (χ3n) is 6.51. The van der Waals surface area contributed by atoms with Crippen molar-refractivity contribution in [2.45, 2.75) is 44.4 Å². The molecule has 1 aliphatic rings. The third kappa shape index (κ3) is 5.06. The maximum absolute atomic E-state index is 12.5. The molecule has 9 heteroatoms. The Bertz CT molecular complexity index is 1360. The van der Waals surface area contributed by atoms with Crippen LogP contribution >= 0.6 is 0 Å². The zero-order chi connectivity index (χ0) is 25.1. The Morgan fingerprint density at radius 1 is 1.08 bits per heavy atom. The number of carbonyl (C=O) groups is 1. The van der Waals surface area contributed by atoms with Crippen molar-refractivity contribution in [1.29, 1.82) is 5.41 Å². The van der Waals surface area contributed by atoms with Crippen LogP contribution in [-0.2, 0) is 6.54 Å². The summed E-state index contributed by atoms with van der Waals surface area (Å²) in [5, 5.41) is 25.7. The molecule has 4 aromatic rings. The van der Waals surface area contributed by atoms with E-state index in [-0.39, 0.29) is 35.3 Å². The molecule has 0 radical (unpaired) electrons. The lowest BCUT2D eigenvalue weighted by Crippen LogP contribution is -2.29. The van der Waals surface area contributed by atoms with Crippen LogP contribution in [0.2, 0.25) is 0 Å². The van der Waals surface area contributed by atoms with Gasteiger partial charge >= 0.3 is 0 Å². The summed E-state index contributed by atoms with van der Waals surface area (Å²) in [6, 6.07) is 16.7. The highest BCUT2D eigenvalue weighted by atomic mass is 16.3. The van der Waals surface area contributed by atoms with E-state index < -0.39 is 0 Å². The van der Waals surface area contributed by atoms with E-state index in [0.717, 1.165) is 36.6 Å². The SMILES string of the molecule is N=C(c1ccc(CNC(=O)c2cc3ccccc3o2)cc1)c1c(N)ncnc1NC1CCC(O)CC1. The number of aromatic nitrogens is 2. The number of nitrogens with two attached hydrogens (primary N) is 1. The van der Waals surface area contributed by atoms with Gasteiger partial charge in [0.15, 0.2) is 5.76 Å². The van der Waals surface area contributed by atoms with Crippen LogP contribution < -0.4 is 16.4 Å². The zero-order valence-corrected chi connectivity index (χ0v) is 19.7. The van der Waals surface area contributed by atoms with Crippen LogP contribution in [0, 0.1) is 5.41 Å². The number of nitrogen functional groups attached to an aromatic ring is 1. The average Bonchev–Trinajstić information content (AvgIpc) is 3.33. The first-order valence-corrected chi connectivity index (χ1v) is 12.0. The second-order valence-corrected chi connectivity index (χ2v) is 9.04. The molecule has 0 saturated heterocycles. The molecule has 0 spiro atoms. The van der Waals surface area contributed by atoms with Crippen molar-refractivity contribution >= 4 is 34.2 Å². The lowest BCUT2D eigenvalue weighted by Gasteiger charge is -2.27. The fourth-order valence-corrected chi connectivity index (χ4v) is 4.47. The van der Waals surface area contributed by atoms with Crippen molar-refractivity contribution in [3.8, 4) is 0 Å². The summed E-state index contributed by atoms with van der Waals surface area (Å²) >= 11 is 0. The first-order chi connectivity index (χ1) is 17.5. The van der Waals surface area contributed by atoms with Gasteiger partial charge in [-0.1, -0.05) is 42.5 Å². The van der Waals surface area contributed by atoms with Crippen molar-refractivity contribution < 1.29 is 14.3 Å². The normalized spacial score (nSPS) is 17.6. The number of rotatable bonds is 7. The minimum atomic E-state index is -0.289. The van der Waals surface area contributed by atoms with Gasteiger partial charge in [0.05, 0.1) is 17.4 Å². The number of benzene rings is 2. The number of nitrogens with zero attached hydrogens (tertiary/aromatic N) is 2. The van der Waals surface area contributed by atoms with E-state index in [1.165, 1.54) is 6.33 Å². The summed E-state index contributed by atoms with van der Waals surface area (Å²) in [7, 11) is 0. The number of furan rings is 1. The Hall–Kier alpha value is -4.24. The van der Waals surface area contributed by atoms with Crippen LogP contribution in [-0.4, -0.2) is 38.8 Å². The van der Waals surface area contributed by atoms with E-state index in [9.17, 15) is 9.90 Å². The number of aliphatic hydroxyl groups excluding tert-OH is 1. The van der Waals surface area contributed by atoms with Crippen LogP contribution in [0.4, 0.5) is 11.6 Å². The largest absolute Gasteiger partial charge is 0.451 e. The van der Waals surface area contributed by atoms with Crippen molar-refractivity contribution in [1.82, 2.24) is 15.3 Å². The Labute approximate surface area is 208 Å². The fourth-order valence-electron chi connectivity index (χ4n) is 4.47. The first-order valence-electron chi connectivity index (χ1n) is 12.0. The summed E-state index contributed by atoms with van der Waals surface area (Å²) in [4.78, 5) is 21.0. The molecule has 2 aromatic carbocycles. The molecule has 2 heterocycles. The quantitative estimate of drug-likeness (QED) is 0.250. The molecule has 1 aliphatic carbocycles. The summed E-state index contributed by atoms with van der Waals surface area (Å²) in [5.74, 6) is 0.733. The Balaban J connectivity index is 1.25. The first kappa shape index (κ1) is 23.5. The van der Waals surface area contributed by atoms with Crippen LogP contribution in [0.25, 0.3) is 11.0 Å². The summed E-state index contributed by atoms with van der Waals surface area (Å²) in [6.07, 6.45) is 4.26. The minimum Gasteiger partial charge on any atom is -0.451 e. The van der Waals surface area contributed by atoms with Gasteiger partial charge < -0.3 is 25.9 Å². The summed E-state index contributed by atoms with van der Waals surface area (Å²) < 4.78 is 5.62. The smallest absolute Gasteiger partial charge is 0.287 e. The predicted molar refractivity (Wildman–Crippen MR) is 138 cm³/mol. The van der Waals surface area contributed by atoms with Crippen molar-refractivity contribution in [3.05, 3.63) is 83.4 Å². The molecule has 0 atom stereocenters. The molecule has 9 nitrogen and oxygen atoms in total. The molecule has 1 saturated carbocycles. The van der Waals surface area contributed by atoms with Crippen molar-refractivity contribution in [3.63, 3.8) is 0 Å². The van der Waals surface area contributed by atoms with E-state index in [2.05, 4.69) is 20.6 Å². The average molecular weight is 485 g/mol. The van der Waals surface area contributed by atoms with Gasteiger partial charge in [-0.15, -0.1) is 0 Å². The standard InChI is InChI=1S/C27H28N6O3/c28-24(23-25(29)31-15-32-26(23)33-19-9-11-20(34)12-10-19)17-7-5-16(6-8-17)14-30-27(35)22-13-18-3-1-2-4-21(18)36-22/h1-8,13,15,19-20,28,34H,9-12,14H2,(H,30,35)(H3,29,31,32,33). The number of fused-ring (bicyclic) bond motifs is 1. The fraction of sp³-hybridized carbons (Fsp3) is 0.259. The number of hydrogen-bond acceptors (Lipinski definition) is 8. The molecule has 0 unspecified atom stereocenters. The van der Waals surface area contributed by atoms with E-state index in [0.29, 0.717) is 29.1 Å². The van der Waals surface area contributed by atoms with Crippen molar-refractivity contribution in [2.24, 2.45) is 0 Å². The van der Waals surface area contributed by atoms with E-state index in [4.69, 9.17) is 15.6 Å². The number of amides is 1. The second-order valence-electron chi connectivity index (χ2n) is 9.04. The van der Waals surface area contributed by atoms with E-state index in [1.54, 1.807) is 6.07 Å². The van der Waals surface area contributed by atoms with Gasteiger partial charge in [0.2, 0.25) is 0 Å². The molecule has 1 amide bonds. The Kier molecular flexibility index (Phi) is 6.64. The molecule has 0 aliphatic heterocycles. The topological polar surface area (TPSA) is 150 Å². The van der Waals surface area contributed by atoms with Gasteiger partial charge in [-0.3, -0.25) is 10.2 Å². The molecule has 36 heavy (non-hydrogen) atoms. The number of anilines is 2. The predicted octanol–water partition coefficient (Wildman–Crippen LogP) is 3.87. The molecular weight excluding hydrogens is 456 g/mol. The maximum Gasteiger partial charge on any atom is 0.287 e. The highest BCUT2D eigenvalue weighted by molar-refractivity contribution is 6.16. The van der Waals surface area contributed by atoms with Crippen LogP contribution in [0.1, 0.15) is 52.9 Å². The second kappa shape index (κ2) is 10.2. The van der Waals surface area contributed by atoms with Crippen LogP contribution in [0.5, 0.6) is 0 Å². The van der Waals surface area contributed by atoms with Gasteiger partial charge in [0.25, 0.3) is 5.91 Å². The van der Waals surface area contributed by atoms with Gasteiger partial charge in [0, 0.05) is 23.5 Å². The van der Waals surface area contributed by atoms with Gasteiger partial charge in [0.1, 0.15) is 23.5 Å². The number of aliphatic hydroxyl groups is 1. The molecule has 6 N–H and O–H groups in total. The van der Waals surface area contributed by atoms with Crippen LogP contribution in [0.15, 0.2) is 65.3 Å². The van der Waals surface area contributed by atoms with Gasteiger partial charge in [-0.2, -0.15) is 0 Å². The molecule has 5 rings (SSSR count). The minimum absolute atomic E-state index is 0.159. The number of hydrogen-bond donors (Lipinski definition) is 5. The Morgan fingerprint density at radius 3 is 2.58 bits per heavy atom. The van der Waals surface area contributed by atoms with Crippen LogP contribution in [0.3, 0.4) is 0 Å². The Morgan fingerprint density at radius 2 is 1.83 bits per heavy atom. The zero-order valence-electron chi connectivity index (χ0n) is 19.7. The molecule has 1 fully saturated rings. The lowest BCUT2D eigenvalue weighted by molar-refractivity contribution is 0.0925. The van der Waals surface area contributed by atoms with E-state index >= 15 is 0 Å². The highest BCUT2D eigenvalue weighted by Crippen LogP contribution is 2.26. The summed E-state index contributed by atoms with van der Waals surface area (Å²) in [6.45, 7) is 0.320. The van der Waals surface area contributed by atoms with Gasteiger partial charge in [-0.25, -0.2) is 9.97 Å². The number of nitrogens with one attached hydrogen (secondary N) is 3. The third-order valence-corrected chi connectivity index (χ3v) is 6.51. The maximum atomic E-state index is 12.5. The lowest BCUT2D eigenvalue weighted by atomic mass is 9.93. The molecule has 0 bridgehead atoms. The number of para-hydroxylation sites is 1. The van der Waals surface area contributed by atoms with Gasteiger partial charge in [-0.05, 0) is 43.4 Å². The molecule has 2 aromatic heterocycles. The van der Waals surface area contributed by atoms with Crippen molar-refractivity contribution in [2.75, 3.05) is 11.1 Å². The molecular formula is C27H28N6O3. The number of carbonyl (C=O) groups excluding carboxylic acids is 1. The summed E-state index contributed by atoms with van der Waals surface area (Å²) in [5.41, 5.74) is 9.03. The van der Waals surface area contributed by atoms with E-state index in [1.807, 2.05) is 48.5 Å².